The van der Waals surface area contributed by atoms with Gasteiger partial charge in [-0.05, 0) is 25.5 Å². The van der Waals surface area contributed by atoms with Gasteiger partial charge in [-0.2, -0.15) is 0 Å². The number of hydrogen-bond donors (Lipinski definition) is 1. The molecular weight excluding hydrogens is 178 g/mol. The van der Waals surface area contributed by atoms with E-state index in [-0.39, 0.29) is 5.75 Å². The van der Waals surface area contributed by atoms with Gasteiger partial charge in [-0.15, -0.1) is 0 Å². The lowest BCUT2D eigenvalue weighted by atomic mass is 10.0. The average molecular weight is 193 g/mol. The van der Waals surface area contributed by atoms with Crippen LogP contribution in [0.4, 0.5) is 5.69 Å². The lowest BCUT2D eigenvalue weighted by Crippen LogP contribution is -2.12. The van der Waals surface area contributed by atoms with Gasteiger partial charge in [0.05, 0.1) is 5.56 Å². The van der Waals surface area contributed by atoms with Gasteiger partial charge in [-0.25, -0.2) is 0 Å². The molecule has 3 nitrogen and oxygen atoms in total. The molecule has 0 aliphatic carbocycles. The Kier molecular flexibility index (Phi) is 2.79. The third kappa shape index (κ3) is 1.58. The van der Waals surface area contributed by atoms with Crippen LogP contribution in [0.3, 0.4) is 0 Å². The Labute approximate surface area is 84.0 Å². The van der Waals surface area contributed by atoms with Gasteiger partial charge in [-0.1, -0.05) is 0 Å². The number of benzene rings is 1. The van der Waals surface area contributed by atoms with E-state index in [1.165, 1.54) is 0 Å². The number of aldehydes is 1. The molecule has 0 bridgehead atoms. The Morgan fingerprint density at radius 3 is 2.36 bits per heavy atom. The van der Waals surface area contributed by atoms with E-state index in [2.05, 4.69) is 0 Å². The molecule has 1 N–H and O–H groups in total. The zero-order valence-corrected chi connectivity index (χ0v) is 8.96. The lowest BCUT2D eigenvalue weighted by molar-refractivity contribution is 0.112. The predicted octanol–water partition coefficient (Wildman–Crippen LogP) is 1.89. The van der Waals surface area contributed by atoms with E-state index in [4.69, 9.17) is 0 Å². The normalized spacial score (nSPS) is 10.0. The van der Waals surface area contributed by atoms with Gasteiger partial charge in [0.2, 0.25) is 0 Å². The van der Waals surface area contributed by atoms with E-state index in [0.717, 1.165) is 16.8 Å². The van der Waals surface area contributed by atoms with Crippen molar-refractivity contribution >= 4 is 12.0 Å². The SMILES string of the molecule is Cc1cc(C=O)c(O)c(C)c1N(C)C. The maximum atomic E-state index is 10.6. The van der Waals surface area contributed by atoms with Crippen LogP contribution >= 0.6 is 0 Å². The Hall–Kier alpha value is -1.51. The number of carbonyl (C=O) groups is 1. The monoisotopic (exact) mass is 193 g/mol. The minimum absolute atomic E-state index is 0.0781. The first-order valence-electron chi connectivity index (χ1n) is 4.44. The van der Waals surface area contributed by atoms with Crippen LogP contribution in [0, 0.1) is 13.8 Å². The predicted molar refractivity (Wildman–Crippen MR) is 57.3 cm³/mol. The van der Waals surface area contributed by atoms with Crippen LogP contribution in [0.5, 0.6) is 5.75 Å². The van der Waals surface area contributed by atoms with E-state index in [1.807, 2.05) is 32.8 Å². The summed E-state index contributed by atoms with van der Waals surface area (Å²) in [7, 11) is 3.82. The van der Waals surface area contributed by atoms with Crippen LogP contribution in [0.25, 0.3) is 0 Å². The molecule has 0 saturated carbocycles. The number of carbonyl (C=O) groups excluding carboxylic acids is 1. The molecule has 3 heteroatoms. The summed E-state index contributed by atoms with van der Waals surface area (Å²) in [5, 5.41) is 9.69. The zero-order valence-electron chi connectivity index (χ0n) is 8.96. The standard InChI is InChI=1S/C11H15NO2/c1-7-5-9(6-13)11(14)8(2)10(7)12(3)4/h5-6,14H,1-4H3. The van der Waals surface area contributed by atoms with E-state index in [1.54, 1.807) is 6.07 Å². The van der Waals surface area contributed by atoms with Crippen LogP contribution in [0.2, 0.25) is 0 Å². The van der Waals surface area contributed by atoms with E-state index >= 15 is 0 Å². The molecule has 0 saturated heterocycles. The van der Waals surface area contributed by atoms with E-state index in [0.29, 0.717) is 11.8 Å². The second-order valence-corrected chi connectivity index (χ2v) is 3.62. The van der Waals surface area contributed by atoms with Crippen molar-refractivity contribution in [3.05, 3.63) is 22.8 Å². The van der Waals surface area contributed by atoms with Crippen molar-refractivity contribution in [2.45, 2.75) is 13.8 Å². The Morgan fingerprint density at radius 2 is 1.93 bits per heavy atom. The molecule has 1 aromatic carbocycles. The van der Waals surface area contributed by atoms with Gasteiger partial charge in [0, 0.05) is 25.3 Å². The van der Waals surface area contributed by atoms with E-state index < -0.39 is 0 Å². The average Bonchev–Trinajstić information content (AvgIpc) is 2.10. The first kappa shape index (κ1) is 10.6. The van der Waals surface area contributed by atoms with Gasteiger partial charge in [0.25, 0.3) is 0 Å². The summed E-state index contributed by atoms with van der Waals surface area (Å²) in [4.78, 5) is 12.6. The van der Waals surface area contributed by atoms with Crippen molar-refractivity contribution < 1.29 is 9.90 Å². The topological polar surface area (TPSA) is 40.5 Å². The fraction of sp³-hybridized carbons (Fsp3) is 0.364. The maximum Gasteiger partial charge on any atom is 0.153 e. The highest BCUT2D eigenvalue weighted by atomic mass is 16.3. The minimum atomic E-state index is 0.0781. The summed E-state index contributed by atoms with van der Waals surface area (Å²) in [5.74, 6) is 0.0781. The molecule has 0 amide bonds. The third-order valence-corrected chi connectivity index (χ3v) is 2.30. The molecular formula is C11H15NO2. The van der Waals surface area contributed by atoms with Crippen LogP contribution in [-0.2, 0) is 0 Å². The number of phenolic OH excluding ortho intramolecular Hbond substituents is 1. The quantitative estimate of drug-likeness (QED) is 0.729. The number of nitrogens with zero attached hydrogens (tertiary/aromatic N) is 1. The summed E-state index contributed by atoms with van der Waals surface area (Å²) in [6.45, 7) is 3.74. The fourth-order valence-electron chi connectivity index (χ4n) is 1.77. The highest BCUT2D eigenvalue weighted by Crippen LogP contribution is 2.32. The second kappa shape index (κ2) is 3.70. The maximum absolute atomic E-state index is 10.6. The lowest BCUT2D eigenvalue weighted by Gasteiger charge is -2.20. The van der Waals surface area contributed by atoms with Gasteiger partial charge in [-0.3, -0.25) is 4.79 Å². The highest BCUT2D eigenvalue weighted by Gasteiger charge is 2.12. The second-order valence-electron chi connectivity index (χ2n) is 3.62. The van der Waals surface area contributed by atoms with Crippen LogP contribution in [0.15, 0.2) is 6.07 Å². The van der Waals surface area contributed by atoms with Crippen molar-refractivity contribution in [1.82, 2.24) is 0 Å². The first-order valence-corrected chi connectivity index (χ1v) is 4.44. The number of aromatic hydroxyl groups is 1. The Balaban J connectivity index is 3.48. The molecule has 0 aromatic heterocycles. The van der Waals surface area contributed by atoms with Crippen molar-refractivity contribution in [3.63, 3.8) is 0 Å². The summed E-state index contributed by atoms with van der Waals surface area (Å²) < 4.78 is 0. The summed E-state index contributed by atoms with van der Waals surface area (Å²) >= 11 is 0. The molecule has 14 heavy (non-hydrogen) atoms. The molecule has 0 aliphatic heterocycles. The summed E-state index contributed by atoms with van der Waals surface area (Å²) in [6, 6.07) is 1.70. The molecule has 0 atom stereocenters. The fourth-order valence-corrected chi connectivity index (χ4v) is 1.77. The molecule has 1 aromatic rings. The van der Waals surface area contributed by atoms with Crippen LogP contribution in [-0.4, -0.2) is 25.5 Å². The van der Waals surface area contributed by atoms with Gasteiger partial charge >= 0.3 is 0 Å². The number of hydrogen-bond acceptors (Lipinski definition) is 3. The molecule has 0 unspecified atom stereocenters. The number of anilines is 1. The molecule has 0 radical (unpaired) electrons. The molecule has 76 valence electrons. The molecule has 0 heterocycles. The summed E-state index contributed by atoms with van der Waals surface area (Å²) in [5.41, 5.74) is 3.06. The summed E-state index contributed by atoms with van der Waals surface area (Å²) in [6.07, 6.45) is 0.675. The third-order valence-electron chi connectivity index (χ3n) is 2.30. The van der Waals surface area contributed by atoms with Gasteiger partial charge in [0.15, 0.2) is 6.29 Å². The zero-order chi connectivity index (χ0) is 10.9. The van der Waals surface area contributed by atoms with Gasteiger partial charge in [0.1, 0.15) is 5.75 Å². The largest absolute Gasteiger partial charge is 0.507 e. The highest BCUT2D eigenvalue weighted by molar-refractivity contribution is 5.83. The van der Waals surface area contributed by atoms with Crippen molar-refractivity contribution in [3.8, 4) is 5.75 Å². The number of aryl methyl sites for hydroxylation is 1. The van der Waals surface area contributed by atoms with E-state index in [9.17, 15) is 9.90 Å². The molecule has 0 spiro atoms. The smallest absolute Gasteiger partial charge is 0.153 e. The number of phenols is 1. The Morgan fingerprint density at radius 1 is 1.36 bits per heavy atom. The van der Waals surface area contributed by atoms with Crippen LogP contribution < -0.4 is 4.90 Å². The van der Waals surface area contributed by atoms with Crippen molar-refractivity contribution in [2.24, 2.45) is 0 Å². The Bertz CT molecular complexity index is 370. The van der Waals surface area contributed by atoms with Crippen molar-refractivity contribution in [2.75, 3.05) is 19.0 Å². The van der Waals surface area contributed by atoms with Crippen molar-refractivity contribution in [1.29, 1.82) is 0 Å². The minimum Gasteiger partial charge on any atom is -0.507 e. The molecule has 0 aliphatic rings. The number of rotatable bonds is 2. The molecule has 1 rings (SSSR count). The van der Waals surface area contributed by atoms with Crippen LogP contribution in [0.1, 0.15) is 21.5 Å². The molecule has 0 fully saturated rings. The van der Waals surface area contributed by atoms with Gasteiger partial charge < -0.3 is 10.0 Å². The first-order chi connectivity index (χ1) is 6.49.